The highest BCUT2D eigenvalue weighted by molar-refractivity contribution is 9.10. The molecule has 0 aromatic heterocycles. The lowest BCUT2D eigenvalue weighted by molar-refractivity contribution is 0.172. The monoisotopic (exact) mass is 340 g/mol. The molecule has 2 N–H and O–H groups in total. The number of halogens is 1. The summed E-state index contributed by atoms with van der Waals surface area (Å²) in [7, 11) is 2.18. The van der Waals surface area contributed by atoms with Crippen molar-refractivity contribution in [3.05, 3.63) is 21.7 Å². The SMILES string of the molecule is CCc1c(C2CC(CN)CN2C)cc(Br)c2c1OCO2. The van der Waals surface area contributed by atoms with Crippen molar-refractivity contribution >= 4 is 15.9 Å². The van der Waals surface area contributed by atoms with Gasteiger partial charge in [-0.1, -0.05) is 6.92 Å². The minimum Gasteiger partial charge on any atom is -0.453 e. The summed E-state index contributed by atoms with van der Waals surface area (Å²) in [5.74, 6) is 2.35. The number of hydrogen-bond acceptors (Lipinski definition) is 4. The number of likely N-dealkylation sites (tertiary alicyclic amines) is 1. The summed E-state index contributed by atoms with van der Waals surface area (Å²) >= 11 is 3.61. The van der Waals surface area contributed by atoms with Crippen LogP contribution >= 0.6 is 15.9 Å². The molecule has 4 nitrogen and oxygen atoms in total. The van der Waals surface area contributed by atoms with E-state index in [1.807, 2.05) is 0 Å². The standard InChI is InChI=1S/C15H21BrN2O2/c1-3-10-11(13-4-9(6-17)7-18(13)2)5-12(16)15-14(10)19-8-20-15/h5,9,13H,3-4,6-8,17H2,1-2H3. The van der Waals surface area contributed by atoms with Crippen LogP contribution in [0.15, 0.2) is 10.5 Å². The van der Waals surface area contributed by atoms with Gasteiger partial charge in [0, 0.05) is 18.2 Å². The number of rotatable bonds is 3. The summed E-state index contributed by atoms with van der Waals surface area (Å²) in [4.78, 5) is 2.40. The molecule has 0 aliphatic carbocycles. The Labute approximate surface area is 128 Å². The van der Waals surface area contributed by atoms with E-state index in [2.05, 4.69) is 40.9 Å². The molecule has 0 spiro atoms. The van der Waals surface area contributed by atoms with E-state index in [1.54, 1.807) is 0 Å². The minimum absolute atomic E-state index is 0.316. The van der Waals surface area contributed by atoms with Crippen molar-refractivity contribution in [3.63, 3.8) is 0 Å². The van der Waals surface area contributed by atoms with Gasteiger partial charge in [0.2, 0.25) is 6.79 Å². The van der Waals surface area contributed by atoms with E-state index < -0.39 is 0 Å². The molecular weight excluding hydrogens is 320 g/mol. The predicted molar refractivity (Wildman–Crippen MR) is 82.2 cm³/mol. The van der Waals surface area contributed by atoms with Crippen LogP contribution in [0.3, 0.4) is 0 Å². The molecular formula is C15H21BrN2O2. The zero-order valence-corrected chi connectivity index (χ0v) is 13.6. The van der Waals surface area contributed by atoms with Gasteiger partial charge in [0.25, 0.3) is 0 Å². The normalized spacial score (nSPS) is 25.4. The molecule has 0 saturated carbocycles. The molecule has 5 heteroatoms. The second kappa shape index (κ2) is 5.54. The Hall–Kier alpha value is -0.780. The Morgan fingerprint density at radius 1 is 1.40 bits per heavy atom. The van der Waals surface area contributed by atoms with E-state index >= 15 is 0 Å². The molecule has 2 atom stereocenters. The average molecular weight is 341 g/mol. The van der Waals surface area contributed by atoms with E-state index in [-0.39, 0.29) is 0 Å². The number of nitrogens with zero attached hydrogens (tertiary/aromatic N) is 1. The maximum absolute atomic E-state index is 5.85. The Morgan fingerprint density at radius 3 is 2.80 bits per heavy atom. The first-order valence-corrected chi connectivity index (χ1v) is 7.96. The molecule has 2 aliphatic rings. The summed E-state index contributed by atoms with van der Waals surface area (Å²) in [6.45, 7) is 4.31. The van der Waals surface area contributed by atoms with Gasteiger partial charge in [-0.05, 0) is 59.9 Å². The highest BCUT2D eigenvalue weighted by Gasteiger charge is 2.34. The van der Waals surface area contributed by atoms with E-state index in [0.717, 1.165) is 41.9 Å². The molecule has 110 valence electrons. The lowest BCUT2D eigenvalue weighted by Gasteiger charge is -2.23. The first-order valence-electron chi connectivity index (χ1n) is 7.16. The zero-order valence-electron chi connectivity index (χ0n) is 12.0. The van der Waals surface area contributed by atoms with E-state index in [9.17, 15) is 0 Å². The molecule has 1 saturated heterocycles. The molecule has 1 fully saturated rings. The number of ether oxygens (including phenoxy) is 2. The molecule has 1 aromatic rings. The van der Waals surface area contributed by atoms with Gasteiger partial charge in [0.15, 0.2) is 11.5 Å². The van der Waals surface area contributed by atoms with Crippen LogP contribution in [0.5, 0.6) is 11.5 Å². The first-order chi connectivity index (χ1) is 9.65. The van der Waals surface area contributed by atoms with E-state index in [0.29, 0.717) is 18.8 Å². The van der Waals surface area contributed by atoms with Crippen molar-refractivity contribution in [1.82, 2.24) is 4.90 Å². The van der Waals surface area contributed by atoms with Crippen LogP contribution in [0.4, 0.5) is 0 Å². The van der Waals surface area contributed by atoms with Crippen LogP contribution in [0.2, 0.25) is 0 Å². The fourth-order valence-corrected chi connectivity index (χ4v) is 3.94. The smallest absolute Gasteiger partial charge is 0.231 e. The fourth-order valence-electron chi connectivity index (χ4n) is 3.40. The van der Waals surface area contributed by atoms with Crippen LogP contribution in [0, 0.1) is 5.92 Å². The molecule has 0 bridgehead atoms. The van der Waals surface area contributed by atoms with Crippen LogP contribution < -0.4 is 15.2 Å². The quantitative estimate of drug-likeness (QED) is 0.918. The van der Waals surface area contributed by atoms with Crippen LogP contribution in [-0.4, -0.2) is 31.8 Å². The Kier molecular flexibility index (Phi) is 3.93. The average Bonchev–Trinajstić information content (AvgIpc) is 3.05. The van der Waals surface area contributed by atoms with Crippen LogP contribution in [0.1, 0.15) is 30.5 Å². The van der Waals surface area contributed by atoms with Crippen LogP contribution in [-0.2, 0) is 6.42 Å². The number of fused-ring (bicyclic) bond motifs is 1. The van der Waals surface area contributed by atoms with Gasteiger partial charge >= 0.3 is 0 Å². The highest BCUT2D eigenvalue weighted by atomic mass is 79.9. The van der Waals surface area contributed by atoms with Crippen molar-refractivity contribution in [2.24, 2.45) is 11.7 Å². The number of benzene rings is 1. The predicted octanol–water partition coefficient (Wildman–Crippen LogP) is 2.69. The first kappa shape index (κ1) is 14.2. The summed E-state index contributed by atoms with van der Waals surface area (Å²) in [6, 6.07) is 2.62. The second-order valence-electron chi connectivity index (χ2n) is 5.64. The maximum Gasteiger partial charge on any atom is 0.231 e. The van der Waals surface area contributed by atoms with Gasteiger partial charge in [-0.25, -0.2) is 0 Å². The Morgan fingerprint density at radius 2 is 2.15 bits per heavy atom. The van der Waals surface area contributed by atoms with Crippen molar-refractivity contribution < 1.29 is 9.47 Å². The summed E-state index contributed by atoms with van der Waals surface area (Å²) < 4.78 is 12.2. The molecule has 0 amide bonds. The maximum atomic E-state index is 5.85. The van der Waals surface area contributed by atoms with Gasteiger partial charge in [-0.15, -0.1) is 0 Å². The lowest BCUT2D eigenvalue weighted by Crippen LogP contribution is -2.21. The van der Waals surface area contributed by atoms with Gasteiger partial charge in [-0.3, -0.25) is 4.90 Å². The summed E-state index contributed by atoms with van der Waals surface area (Å²) in [6.07, 6.45) is 2.07. The molecule has 3 rings (SSSR count). The third kappa shape index (κ3) is 2.22. The minimum atomic E-state index is 0.316. The van der Waals surface area contributed by atoms with Crippen molar-refractivity contribution in [1.29, 1.82) is 0 Å². The molecule has 1 aromatic carbocycles. The number of hydrogen-bond donors (Lipinski definition) is 1. The summed E-state index contributed by atoms with van der Waals surface area (Å²) in [5.41, 5.74) is 8.47. The fraction of sp³-hybridized carbons (Fsp3) is 0.600. The molecule has 20 heavy (non-hydrogen) atoms. The van der Waals surface area contributed by atoms with Crippen LogP contribution in [0.25, 0.3) is 0 Å². The second-order valence-corrected chi connectivity index (χ2v) is 6.49. The lowest BCUT2D eigenvalue weighted by atomic mass is 9.93. The van der Waals surface area contributed by atoms with Gasteiger partial charge in [0.05, 0.1) is 4.47 Å². The Bertz CT molecular complexity index is 521. The van der Waals surface area contributed by atoms with E-state index in [4.69, 9.17) is 15.2 Å². The van der Waals surface area contributed by atoms with Gasteiger partial charge < -0.3 is 15.2 Å². The van der Waals surface area contributed by atoms with E-state index in [1.165, 1.54) is 11.1 Å². The molecule has 0 radical (unpaired) electrons. The van der Waals surface area contributed by atoms with Crippen molar-refractivity contribution in [3.8, 4) is 11.5 Å². The van der Waals surface area contributed by atoms with Crippen molar-refractivity contribution in [2.45, 2.75) is 25.8 Å². The Balaban J connectivity index is 2.03. The molecule has 2 aliphatic heterocycles. The zero-order chi connectivity index (χ0) is 14.3. The number of nitrogens with two attached hydrogens (primary N) is 1. The largest absolute Gasteiger partial charge is 0.453 e. The van der Waals surface area contributed by atoms with Gasteiger partial charge in [0.1, 0.15) is 0 Å². The topological polar surface area (TPSA) is 47.7 Å². The highest BCUT2D eigenvalue weighted by Crippen LogP contribution is 2.47. The van der Waals surface area contributed by atoms with Crippen molar-refractivity contribution in [2.75, 3.05) is 26.9 Å². The van der Waals surface area contributed by atoms with Gasteiger partial charge in [-0.2, -0.15) is 0 Å². The summed E-state index contributed by atoms with van der Waals surface area (Å²) in [5, 5.41) is 0. The third-order valence-corrected chi connectivity index (χ3v) is 5.00. The molecule has 2 unspecified atom stereocenters. The third-order valence-electron chi connectivity index (χ3n) is 4.42. The molecule has 2 heterocycles.